The van der Waals surface area contributed by atoms with Crippen LogP contribution in [0.2, 0.25) is 0 Å². The van der Waals surface area contributed by atoms with E-state index in [9.17, 15) is 14.7 Å². The minimum absolute atomic E-state index is 0.00399. The van der Waals surface area contributed by atoms with Crippen LogP contribution in [0.25, 0.3) is 11.1 Å². The number of carboxylic acid groups (broad SMARTS) is 1. The van der Waals surface area contributed by atoms with Gasteiger partial charge in [-0.05, 0) is 46.7 Å². The van der Waals surface area contributed by atoms with E-state index in [1.165, 1.54) is 0 Å². The highest BCUT2D eigenvalue weighted by Gasteiger charge is 2.32. The number of aliphatic hydroxyl groups is 1. The Bertz CT molecular complexity index is 1580. The lowest BCUT2D eigenvalue weighted by atomic mass is 9.99. The highest BCUT2D eigenvalue weighted by molar-refractivity contribution is 7.99. The number of carbonyl (C=O) groups excluding carboxylic acids is 1. The number of carbonyl (C=O) groups is 2. The fourth-order valence-corrected chi connectivity index (χ4v) is 6.22. The molecule has 5 rings (SSSR count). The van der Waals surface area contributed by atoms with Crippen molar-refractivity contribution in [1.82, 2.24) is 20.1 Å². The molecule has 0 saturated carbocycles. The Balaban J connectivity index is 1.22. The third-order valence-corrected chi connectivity index (χ3v) is 9.08. The van der Waals surface area contributed by atoms with Crippen LogP contribution in [0.1, 0.15) is 73.2 Å². The standard InChI is InChI=1S/C35H40N4O6S/c1-39-23-37-38-35(39)46-22-30-19-31(27-12-10-24(21-40)11-13-27)45-34(44-30)28-16-14-26(15-17-28)29-7-5-6-25(18-29)20-36-32(41)8-3-2-4-9-33(42)43/h5-7,10-18,23,30-31,34,40H,2-4,8-9,19-22H2,1H3,(H,36,41)(H,42,43)/t30-,31+,34+/m0/s1. The number of carboxylic acids is 1. The Morgan fingerprint density at radius 3 is 2.41 bits per heavy atom. The van der Waals surface area contributed by atoms with Gasteiger partial charge in [-0.2, -0.15) is 0 Å². The SMILES string of the molecule is Cn1cnnc1SC[C@@H]1C[C@H](c2ccc(CO)cc2)O[C@H](c2ccc(-c3cccc(CNC(=O)CCCCCC(=O)O)c3)cc2)O1. The highest BCUT2D eigenvalue weighted by Crippen LogP contribution is 2.39. The molecular weight excluding hydrogens is 604 g/mol. The summed E-state index contributed by atoms with van der Waals surface area (Å²) in [6, 6.07) is 24.1. The van der Waals surface area contributed by atoms with Crippen LogP contribution < -0.4 is 5.32 Å². The van der Waals surface area contributed by atoms with Crippen LogP contribution in [0, 0.1) is 0 Å². The third-order valence-electron chi connectivity index (χ3n) is 7.91. The van der Waals surface area contributed by atoms with Gasteiger partial charge in [0.05, 0.1) is 18.8 Å². The fraction of sp³-hybridized carbons (Fsp3) is 0.371. The number of unbranched alkanes of at least 4 members (excludes halogenated alkanes) is 2. The summed E-state index contributed by atoms with van der Waals surface area (Å²) in [6.07, 6.45) is 4.08. The number of benzene rings is 3. The number of rotatable bonds is 15. The summed E-state index contributed by atoms with van der Waals surface area (Å²) in [7, 11) is 1.92. The second-order valence-corrected chi connectivity index (χ2v) is 12.4. The average molecular weight is 645 g/mol. The van der Waals surface area contributed by atoms with Crippen molar-refractivity contribution < 1.29 is 29.3 Å². The van der Waals surface area contributed by atoms with Gasteiger partial charge in [-0.15, -0.1) is 10.2 Å². The van der Waals surface area contributed by atoms with Gasteiger partial charge < -0.3 is 29.6 Å². The number of hydrogen-bond donors (Lipinski definition) is 3. The third kappa shape index (κ3) is 9.49. The molecule has 0 unspecified atom stereocenters. The number of aliphatic carboxylic acids is 1. The molecular formula is C35H40N4O6S. The number of nitrogens with one attached hydrogen (secondary N) is 1. The normalized spacial score (nSPS) is 17.9. The monoisotopic (exact) mass is 644 g/mol. The van der Waals surface area contributed by atoms with E-state index in [1.807, 2.05) is 66.2 Å². The first-order valence-corrected chi connectivity index (χ1v) is 16.5. The number of hydrogen-bond acceptors (Lipinski definition) is 8. The second-order valence-electron chi connectivity index (χ2n) is 11.4. The van der Waals surface area contributed by atoms with Crippen molar-refractivity contribution >= 4 is 23.6 Å². The number of nitrogens with zero attached hydrogens (tertiary/aromatic N) is 3. The molecule has 1 aliphatic heterocycles. The van der Waals surface area contributed by atoms with E-state index in [0.717, 1.165) is 45.0 Å². The molecule has 0 aliphatic carbocycles. The van der Waals surface area contributed by atoms with Crippen molar-refractivity contribution in [2.75, 3.05) is 5.75 Å². The van der Waals surface area contributed by atoms with E-state index in [4.69, 9.17) is 14.6 Å². The van der Waals surface area contributed by atoms with E-state index >= 15 is 0 Å². The minimum atomic E-state index is -0.803. The molecule has 10 nitrogen and oxygen atoms in total. The average Bonchev–Trinajstić information content (AvgIpc) is 3.50. The van der Waals surface area contributed by atoms with Crippen LogP contribution in [0.3, 0.4) is 0 Å². The summed E-state index contributed by atoms with van der Waals surface area (Å²) in [5.41, 5.74) is 5.89. The number of thioether (sulfide) groups is 1. The van der Waals surface area contributed by atoms with Gasteiger partial charge in [0.2, 0.25) is 5.91 Å². The lowest BCUT2D eigenvalue weighted by Gasteiger charge is -2.36. The molecule has 1 amide bonds. The van der Waals surface area contributed by atoms with E-state index in [1.54, 1.807) is 18.1 Å². The summed E-state index contributed by atoms with van der Waals surface area (Å²) in [5, 5.41) is 30.2. The van der Waals surface area contributed by atoms with Gasteiger partial charge in [0.1, 0.15) is 6.33 Å². The largest absolute Gasteiger partial charge is 0.481 e. The molecule has 1 aliphatic rings. The number of aliphatic hydroxyl groups excluding tert-OH is 1. The predicted molar refractivity (Wildman–Crippen MR) is 175 cm³/mol. The molecule has 1 saturated heterocycles. The van der Waals surface area contributed by atoms with Crippen LogP contribution in [0.4, 0.5) is 0 Å². The van der Waals surface area contributed by atoms with Gasteiger partial charge in [0, 0.05) is 44.2 Å². The number of ether oxygens (including phenoxy) is 2. The number of aromatic nitrogens is 3. The molecule has 11 heteroatoms. The summed E-state index contributed by atoms with van der Waals surface area (Å²) in [6.45, 7) is 0.425. The minimum Gasteiger partial charge on any atom is -0.481 e. The van der Waals surface area contributed by atoms with E-state index in [0.29, 0.717) is 38.0 Å². The molecule has 0 spiro atoms. The maximum Gasteiger partial charge on any atom is 0.303 e. The Hall–Kier alpha value is -4.03. The predicted octanol–water partition coefficient (Wildman–Crippen LogP) is 5.96. The smallest absolute Gasteiger partial charge is 0.303 e. The van der Waals surface area contributed by atoms with Gasteiger partial charge in [0.15, 0.2) is 11.4 Å². The van der Waals surface area contributed by atoms with Crippen LogP contribution in [0.15, 0.2) is 84.3 Å². The Labute approximate surface area is 273 Å². The number of amides is 1. The molecule has 242 valence electrons. The molecule has 3 aromatic carbocycles. The molecule has 46 heavy (non-hydrogen) atoms. The topological polar surface area (TPSA) is 136 Å². The first-order valence-electron chi connectivity index (χ1n) is 15.5. The van der Waals surface area contributed by atoms with E-state index in [-0.39, 0.29) is 31.1 Å². The van der Waals surface area contributed by atoms with Crippen LogP contribution >= 0.6 is 11.8 Å². The first-order chi connectivity index (χ1) is 22.4. The molecule has 2 heterocycles. The summed E-state index contributed by atoms with van der Waals surface area (Å²) in [4.78, 5) is 22.9. The number of aryl methyl sites for hydroxylation is 1. The van der Waals surface area contributed by atoms with Gasteiger partial charge in [-0.3, -0.25) is 9.59 Å². The van der Waals surface area contributed by atoms with Crippen molar-refractivity contribution in [3.63, 3.8) is 0 Å². The zero-order chi connectivity index (χ0) is 32.3. The summed E-state index contributed by atoms with van der Waals surface area (Å²) in [5.74, 6) is -0.138. The molecule has 0 bridgehead atoms. The van der Waals surface area contributed by atoms with Gasteiger partial charge in [0.25, 0.3) is 0 Å². The zero-order valence-corrected chi connectivity index (χ0v) is 26.7. The van der Waals surface area contributed by atoms with Crippen molar-refractivity contribution in [2.45, 2.75) is 75.3 Å². The maximum absolute atomic E-state index is 12.3. The lowest BCUT2D eigenvalue weighted by molar-refractivity contribution is -0.245. The quantitative estimate of drug-likeness (QED) is 0.106. The van der Waals surface area contributed by atoms with Crippen LogP contribution in [-0.2, 0) is 39.3 Å². The first kappa shape index (κ1) is 33.3. The molecule has 0 radical (unpaired) electrons. The Morgan fingerprint density at radius 2 is 1.70 bits per heavy atom. The van der Waals surface area contributed by atoms with Gasteiger partial charge in [-0.25, -0.2) is 0 Å². The Kier molecular flexibility index (Phi) is 12.0. The zero-order valence-electron chi connectivity index (χ0n) is 25.9. The van der Waals surface area contributed by atoms with Crippen molar-refractivity contribution in [1.29, 1.82) is 0 Å². The molecule has 1 aromatic heterocycles. The van der Waals surface area contributed by atoms with Crippen molar-refractivity contribution in [2.24, 2.45) is 7.05 Å². The highest BCUT2D eigenvalue weighted by atomic mass is 32.2. The molecule has 3 atom stereocenters. The van der Waals surface area contributed by atoms with E-state index in [2.05, 4.69) is 33.7 Å². The van der Waals surface area contributed by atoms with Crippen LogP contribution in [-0.4, -0.2) is 48.7 Å². The Morgan fingerprint density at radius 1 is 0.935 bits per heavy atom. The van der Waals surface area contributed by atoms with Crippen LogP contribution in [0.5, 0.6) is 0 Å². The second kappa shape index (κ2) is 16.5. The fourth-order valence-electron chi connectivity index (χ4n) is 5.31. The summed E-state index contributed by atoms with van der Waals surface area (Å²) >= 11 is 1.60. The summed E-state index contributed by atoms with van der Waals surface area (Å²) < 4.78 is 14.9. The van der Waals surface area contributed by atoms with Crippen molar-refractivity contribution in [3.05, 3.63) is 101 Å². The molecule has 3 N–H and O–H groups in total. The maximum atomic E-state index is 12.3. The van der Waals surface area contributed by atoms with Crippen molar-refractivity contribution in [3.8, 4) is 11.1 Å². The van der Waals surface area contributed by atoms with E-state index < -0.39 is 12.3 Å². The van der Waals surface area contributed by atoms with Gasteiger partial charge >= 0.3 is 5.97 Å². The van der Waals surface area contributed by atoms with Gasteiger partial charge in [-0.1, -0.05) is 84.9 Å². The molecule has 1 fully saturated rings. The lowest BCUT2D eigenvalue weighted by Crippen LogP contribution is -2.31. The molecule has 4 aromatic rings.